The quantitative estimate of drug-likeness (QED) is 0.360. The molecular formula is C25H26F6O2. The molecule has 0 atom stereocenters. The molecule has 0 aliphatic heterocycles. The van der Waals surface area contributed by atoms with E-state index < -0.39 is 46.5 Å². The van der Waals surface area contributed by atoms with Gasteiger partial charge in [0.1, 0.15) is 0 Å². The third kappa shape index (κ3) is 5.65. The van der Waals surface area contributed by atoms with Gasteiger partial charge in [-0.05, 0) is 55.2 Å². The van der Waals surface area contributed by atoms with Gasteiger partial charge in [0.15, 0.2) is 17.3 Å². The lowest BCUT2D eigenvalue weighted by molar-refractivity contribution is -0.158. The highest BCUT2D eigenvalue weighted by Crippen LogP contribution is 2.40. The van der Waals surface area contributed by atoms with Crippen molar-refractivity contribution in [2.24, 2.45) is 5.92 Å². The molecule has 33 heavy (non-hydrogen) atoms. The van der Waals surface area contributed by atoms with E-state index in [4.69, 9.17) is 0 Å². The Morgan fingerprint density at radius 1 is 0.909 bits per heavy atom. The number of ether oxygens (including phenoxy) is 2. The third-order valence-corrected chi connectivity index (χ3v) is 6.10. The number of halogens is 6. The smallest absolute Gasteiger partial charge is 0.457 e. The monoisotopic (exact) mass is 472 g/mol. The summed E-state index contributed by atoms with van der Waals surface area (Å²) in [5, 5.41) is 0. The van der Waals surface area contributed by atoms with Crippen LogP contribution in [0.2, 0.25) is 0 Å². The summed E-state index contributed by atoms with van der Waals surface area (Å²) in [5.74, 6) is -8.60. The van der Waals surface area contributed by atoms with Crippen molar-refractivity contribution in [2.45, 2.75) is 57.5 Å². The summed E-state index contributed by atoms with van der Waals surface area (Å²) in [6.07, 6.45) is 1.69. The molecule has 1 aliphatic rings. The Balaban J connectivity index is 1.74. The van der Waals surface area contributed by atoms with Crippen molar-refractivity contribution in [2.75, 3.05) is 7.11 Å². The molecule has 1 aliphatic carbocycles. The van der Waals surface area contributed by atoms with Gasteiger partial charge >= 0.3 is 6.11 Å². The summed E-state index contributed by atoms with van der Waals surface area (Å²) in [7, 11) is 1.05. The van der Waals surface area contributed by atoms with Crippen molar-refractivity contribution >= 4 is 5.83 Å². The fraction of sp³-hybridized carbons (Fsp3) is 0.440. The van der Waals surface area contributed by atoms with Gasteiger partial charge in [0.25, 0.3) is 0 Å². The first-order valence-electron chi connectivity index (χ1n) is 10.9. The maximum atomic E-state index is 14.5. The van der Waals surface area contributed by atoms with Crippen LogP contribution in [0.4, 0.5) is 26.3 Å². The summed E-state index contributed by atoms with van der Waals surface area (Å²) >= 11 is 0. The molecule has 3 rings (SSSR count). The van der Waals surface area contributed by atoms with E-state index in [1.807, 2.05) is 0 Å². The number of rotatable bonds is 8. The van der Waals surface area contributed by atoms with Gasteiger partial charge in [-0.1, -0.05) is 44.0 Å². The van der Waals surface area contributed by atoms with E-state index in [0.29, 0.717) is 17.9 Å². The van der Waals surface area contributed by atoms with Gasteiger partial charge in [-0.15, -0.1) is 0 Å². The second-order valence-corrected chi connectivity index (χ2v) is 8.27. The topological polar surface area (TPSA) is 18.5 Å². The zero-order valence-electron chi connectivity index (χ0n) is 18.4. The van der Waals surface area contributed by atoms with E-state index in [-0.39, 0.29) is 0 Å². The first-order valence-corrected chi connectivity index (χ1v) is 10.9. The second kappa shape index (κ2) is 10.5. The van der Waals surface area contributed by atoms with Crippen molar-refractivity contribution < 1.29 is 35.8 Å². The molecule has 0 aromatic heterocycles. The molecule has 0 spiro atoms. The molecule has 2 aromatic carbocycles. The van der Waals surface area contributed by atoms with Gasteiger partial charge in [0, 0.05) is 5.56 Å². The molecule has 0 amide bonds. The third-order valence-electron chi connectivity index (χ3n) is 6.10. The molecule has 0 bridgehead atoms. The molecule has 0 heterocycles. The van der Waals surface area contributed by atoms with Crippen LogP contribution in [0.15, 0.2) is 42.2 Å². The molecule has 1 fully saturated rings. The first kappa shape index (κ1) is 25.0. The van der Waals surface area contributed by atoms with Gasteiger partial charge in [-0.2, -0.15) is 22.0 Å². The molecule has 180 valence electrons. The predicted octanol–water partition coefficient (Wildman–Crippen LogP) is 8.33. The van der Waals surface area contributed by atoms with Gasteiger partial charge in [-0.25, -0.2) is 4.39 Å². The van der Waals surface area contributed by atoms with Crippen LogP contribution in [0.1, 0.15) is 62.5 Å². The Morgan fingerprint density at radius 3 is 2.06 bits per heavy atom. The minimum Gasteiger partial charge on any atom is -0.494 e. The highest BCUT2D eigenvalue weighted by Gasteiger charge is 2.43. The predicted molar refractivity (Wildman–Crippen MR) is 114 cm³/mol. The lowest BCUT2D eigenvalue weighted by Gasteiger charge is -2.28. The number of hydrogen-bond acceptors (Lipinski definition) is 2. The number of methoxy groups -OCH3 is 1. The second-order valence-electron chi connectivity index (χ2n) is 8.27. The normalized spacial score (nSPS) is 19.8. The average Bonchev–Trinajstić information content (AvgIpc) is 2.82. The molecule has 0 unspecified atom stereocenters. The summed E-state index contributed by atoms with van der Waals surface area (Å²) < 4.78 is 93.3. The fourth-order valence-corrected chi connectivity index (χ4v) is 4.28. The standard InChI is InChI=1S/C25H26F6O2/c1-3-4-15-5-7-16(8-6-15)17-9-11-18(12-10-17)21(26)24(29)25(30,31)33-20-14-13-19(32-2)22(27)23(20)28/h9-16H,3-8H2,1-2H3/b24-21+. The Kier molecular flexibility index (Phi) is 7.97. The minimum atomic E-state index is -4.86. The Hall–Kier alpha value is -2.64. The summed E-state index contributed by atoms with van der Waals surface area (Å²) in [4.78, 5) is 0. The lowest BCUT2D eigenvalue weighted by Crippen LogP contribution is -2.27. The molecule has 8 heteroatoms. The maximum absolute atomic E-state index is 14.5. The summed E-state index contributed by atoms with van der Waals surface area (Å²) in [5.41, 5.74) is 0.543. The van der Waals surface area contributed by atoms with Crippen LogP contribution < -0.4 is 9.47 Å². The lowest BCUT2D eigenvalue weighted by atomic mass is 9.77. The van der Waals surface area contributed by atoms with Crippen LogP contribution in [0.5, 0.6) is 11.5 Å². The van der Waals surface area contributed by atoms with Gasteiger partial charge in [0.2, 0.25) is 17.5 Å². The van der Waals surface area contributed by atoms with E-state index in [1.54, 1.807) is 12.1 Å². The van der Waals surface area contributed by atoms with Gasteiger partial charge in [0.05, 0.1) is 7.11 Å². The first-order chi connectivity index (χ1) is 15.7. The van der Waals surface area contributed by atoms with Crippen LogP contribution in [0.3, 0.4) is 0 Å². The maximum Gasteiger partial charge on any atom is 0.457 e. The molecule has 2 nitrogen and oxygen atoms in total. The molecule has 0 saturated heterocycles. The van der Waals surface area contributed by atoms with E-state index in [9.17, 15) is 26.3 Å². The summed E-state index contributed by atoms with van der Waals surface area (Å²) in [6.45, 7) is 2.16. The average molecular weight is 472 g/mol. The highest BCUT2D eigenvalue weighted by atomic mass is 19.3. The molecule has 0 N–H and O–H groups in total. The molecule has 1 saturated carbocycles. The molecular weight excluding hydrogens is 446 g/mol. The zero-order valence-corrected chi connectivity index (χ0v) is 18.4. The zero-order chi connectivity index (χ0) is 24.2. The number of benzene rings is 2. The van der Waals surface area contributed by atoms with Crippen molar-refractivity contribution in [3.8, 4) is 11.5 Å². The van der Waals surface area contributed by atoms with Gasteiger partial charge in [-0.3, -0.25) is 0 Å². The van der Waals surface area contributed by atoms with Crippen molar-refractivity contribution in [3.05, 3.63) is 65.0 Å². The van der Waals surface area contributed by atoms with E-state index in [1.165, 1.54) is 18.6 Å². The minimum absolute atomic E-state index is 0.293. The Bertz CT molecular complexity index is 979. The fourth-order valence-electron chi connectivity index (χ4n) is 4.28. The summed E-state index contributed by atoms with van der Waals surface area (Å²) in [6, 6.07) is 7.13. The van der Waals surface area contributed by atoms with E-state index in [2.05, 4.69) is 16.4 Å². The molecule has 0 radical (unpaired) electrons. The van der Waals surface area contributed by atoms with Crippen LogP contribution >= 0.6 is 0 Å². The molecule has 2 aromatic rings. The Labute approximate surface area is 189 Å². The van der Waals surface area contributed by atoms with Crippen LogP contribution in [-0.4, -0.2) is 13.2 Å². The van der Waals surface area contributed by atoms with E-state index >= 15 is 0 Å². The largest absolute Gasteiger partial charge is 0.494 e. The van der Waals surface area contributed by atoms with Crippen molar-refractivity contribution in [1.82, 2.24) is 0 Å². The van der Waals surface area contributed by atoms with Gasteiger partial charge < -0.3 is 9.47 Å². The van der Waals surface area contributed by atoms with Crippen LogP contribution in [0, 0.1) is 17.6 Å². The number of hydrogen-bond donors (Lipinski definition) is 0. The van der Waals surface area contributed by atoms with Crippen LogP contribution in [-0.2, 0) is 0 Å². The number of alkyl halides is 2. The Morgan fingerprint density at radius 2 is 1.48 bits per heavy atom. The highest BCUT2D eigenvalue weighted by molar-refractivity contribution is 5.62. The van der Waals surface area contributed by atoms with E-state index in [0.717, 1.165) is 50.8 Å². The van der Waals surface area contributed by atoms with Crippen molar-refractivity contribution in [1.29, 1.82) is 0 Å². The van der Waals surface area contributed by atoms with Crippen molar-refractivity contribution in [3.63, 3.8) is 0 Å². The van der Waals surface area contributed by atoms with Crippen LogP contribution in [0.25, 0.3) is 5.83 Å². The SMILES string of the molecule is CCCC1CCC(c2ccc(/C(F)=C(\F)C(F)(F)Oc3ccc(OC)c(F)c3F)cc2)CC1.